The van der Waals surface area contributed by atoms with Crippen molar-refractivity contribution in [2.75, 3.05) is 5.32 Å². The third-order valence-electron chi connectivity index (χ3n) is 4.20. The van der Waals surface area contributed by atoms with Gasteiger partial charge >= 0.3 is 5.69 Å². The van der Waals surface area contributed by atoms with Gasteiger partial charge in [0.25, 0.3) is 5.56 Å². The molecule has 3 aromatic rings. The number of benzene rings is 1. The molecule has 0 atom stereocenters. The third-order valence-corrected chi connectivity index (χ3v) is 5.62. The van der Waals surface area contributed by atoms with Crippen LogP contribution < -0.4 is 16.6 Å². The van der Waals surface area contributed by atoms with Crippen LogP contribution in [0.1, 0.15) is 20.3 Å². The molecule has 0 aliphatic rings. The lowest BCUT2D eigenvalue weighted by Gasteiger charge is -2.13. The van der Waals surface area contributed by atoms with Crippen molar-refractivity contribution in [1.82, 2.24) is 9.13 Å². The number of nitrogens with one attached hydrogen (secondary N) is 1. The van der Waals surface area contributed by atoms with Gasteiger partial charge in [0.05, 0.1) is 5.52 Å². The highest BCUT2D eigenvalue weighted by Crippen LogP contribution is 2.17. The van der Waals surface area contributed by atoms with Crippen molar-refractivity contribution in [1.29, 1.82) is 0 Å². The van der Waals surface area contributed by atoms with Gasteiger partial charge < -0.3 is 5.32 Å². The minimum Gasteiger partial charge on any atom is -0.325 e. The zero-order valence-corrected chi connectivity index (χ0v) is 17.5. The van der Waals surface area contributed by atoms with Crippen molar-refractivity contribution in [2.24, 2.45) is 5.92 Å². The fraction of sp³-hybridized carbons (Fsp3) is 0.316. The quantitative estimate of drug-likeness (QED) is 0.623. The molecule has 1 aromatic carbocycles. The normalized spacial score (nSPS) is 11.3. The van der Waals surface area contributed by atoms with Gasteiger partial charge in [-0.2, -0.15) is 0 Å². The average molecular weight is 450 g/mol. The number of aromatic nitrogens is 2. The minimum atomic E-state index is -0.447. The molecule has 1 amide bonds. The Labute approximate surface area is 168 Å². The van der Waals surface area contributed by atoms with Crippen molar-refractivity contribution in [3.63, 3.8) is 0 Å². The molecule has 0 saturated carbocycles. The minimum absolute atomic E-state index is 0.149. The van der Waals surface area contributed by atoms with E-state index in [1.54, 1.807) is 23.6 Å². The molecule has 8 heteroatoms. The summed E-state index contributed by atoms with van der Waals surface area (Å²) in [5.41, 5.74) is 0.417. The molecule has 2 aromatic heterocycles. The van der Waals surface area contributed by atoms with Crippen LogP contribution >= 0.6 is 27.3 Å². The second-order valence-corrected chi connectivity index (χ2v) is 8.53. The lowest BCUT2D eigenvalue weighted by atomic mass is 10.1. The van der Waals surface area contributed by atoms with E-state index in [-0.39, 0.29) is 18.0 Å². The van der Waals surface area contributed by atoms with E-state index >= 15 is 0 Å². The Bertz CT molecular complexity index is 1080. The maximum absolute atomic E-state index is 12.9. The van der Waals surface area contributed by atoms with E-state index in [1.165, 1.54) is 20.5 Å². The molecule has 0 aliphatic heterocycles. The van der Waals surface area contributed by atoms with Crippen molar-refractivity contribution in [2.45, 2.75) is 33.4 Å². The summed E-state index contributed by atoms with van der Waals surface area (Å²) in [5.74, 6) is 0.0467. The maximum atomic E-state index is 12.9. The van der Waals surface area contributed by atoms with Crippen LogP contribution in [0.15, 0.2) is 49.8 Å². The first kappa shape index (κ1) is 19.6. The number of fused-ring (bicyclic) bond motifs is 1. The maximum Gasteiger partial charge on any atom is 0.332 e. The zero-order chi connectivity index (χ0) is 19.6. The highest BCUT2D eigenvalue weighted by molar-refractivity contribution is 9.10. The summed E-state index contributed by atoms with van der Waals surface area (Å²) < 4.78 is 4.02. The smallest absolute Gasteiger partial charge is 0.325 e. The van der Waals surface area contributed by atoms with E-state index in [0.717, 1.165) is 10.9 Å². The molecule has 0 saturated heterocycles. The molecule has 0 unspecified atom stereocenters. The molecule has 142 valence electrons. The van der Waals surface area contributed by atoms with E-state index < -0.39 is 5.69 Å². The first-order valence-electron chi connectivity index (χ1n) is 8.63. The van der Waals surface area contributed by atoms with Gasteiger partial charge in [0.1, 0.15) is 11.2 Å². The summed E-state index contributed by atoms with van der Waals surface area (Å²) in [6.45, 7) is 4.28. The summed E-state index contributed by atoms with van der Waals surface area (Å²) in [6, 6.07) is 8.90. The largest absolute Gasteiger partial charge is 0.332 e. The molecule has 0 aliphatic carbocycles. The highest BCUT2D eigenvalue weighted by Gasteiger charge is 2.16. The van der Waals surface area contributed by atoms with Gasteiger partial charge in [-0.25, -0.2) is 4.79 Å². The molecule has 6 nitrogen and oxygen atoms in total. The van der Waals surface area contributed by atoms with Crippen molar-refractivity contribution in [3.8, 4) is 0 Å². The second-order valence-electron chi connectivity index (χ2n) is 6.70. The number of thiophene rings is 1. The Kier molecular flexibility index (Phi) is 5.96. The van der Waals surface area contributed by atoms with Crippen LogP contribution in [-0.2, 0) is 17.9 Å². The fourth-order valence-corrected chi connectivity index (χ4v) is 3.86. The molecule has 27 heavy (non-hydrogen) atoms. The summed E-state index contributed by atoms with van der Waals surface area (Å²) in [4.78, 5) is 38.0. The van der Waals surface area contributed by atoms with Gasteiger partial charge in [-0.1, -0.05) is 29.8 Å². The second kappa shape index (κ2) is 8.22. The summed E-state index contributed by atoms with van der Waals surface area (Å²) in [7, 11) is 0. The molecule has 0 radical (unpaired) electrons. The van der Waals surface area contributed by atoms with Gasteiger partial charge in [0.15, 0.2) is 0 Å². The number of hydrogen-bond acceptors (Lipinski definition) is 4. The van der Waals surface area contributed by atoms with Crippen LogP contribution in [0.4, 0.5) is 5.69 Å². The van der Waals surface area contributed by atoms with Gasteiger partial charge in [0, 0.05) is 16.7 Å². The van der Waals surface area contributed by atoms with Gasteiger partial charge in [-0.05, 0) is 48.1 Å². The van der Waals surface area contributed by atoms with E-state index in [1.807, 2.05) is 26.0 Å². The summed E-state index contributed by atoms with van der Waals surface area (Å²) in [5, 5.41) is 4.55. The van der Waals surface area contributed by atoms with Crippen LogP contribution in [-0.4, -0.2) is 15.0 Å². The Morgan fingerprint density at radius 2 is 1.85 bits per heavy atom. The van der Waals surface area contributed by atoms with Crippen LogP contribution in [0.2, 0.25) is 0 Å². The first-order valence-corrected chi connectivity index (χ1v) is 10.3. The Hall–Kier alpha value is -2.19. The molecule has 1 N–H and O–H groups in total. The third kappa shape index (κ3) is 4.39. The van der Waals surface area contributed by atoms with Crippen LogP contribution in [0.3, 0.4) is 0 Å². The first-order chi connectivity index (χ1) is 12.9. The molecule has 0 bridgehead atoms. The standard InChI is InChI=1S/C19H20BrN3O3S/c1-12(2)7-9-22-18(25)17-15(8-10-27-17)23(19(22)26)11-16(24)21-14-5-3-13(20)4-6-14/h3-6,8,10,12H,7,9,11H2,1-2H3,(H,21,24). The van der Waals surface area contributed by atoms with Crippen molar-refractivity contribution >= 4 is 49.1 Å². The number of carbonyl (C=O) groups excluding carboxylic acids is 1. The Balaban J connectivity index is 1.94. The van der Waals surface area contributed by atoms with Gasteiger partial charge in [-0.15, -0.1) is 11.3 Å². The van der Waals surface area contributed by atoms with Crippen molar-refractivity contribution in [3.05, 3.63) is 61.0 Å². The number of hydrogen-bond donors (Lipinski definition) is 1. The lowest BCUT2D eigenvalue weighted by molar-refractivity contribution is -0.116. The van der Waals surface area contributed by atoms with Gasteiger partial charge in [-0.3, -0.25) is 18.7 Å². The predicted octanol–water partition coefficient (Wildman–Crippen LogP) is 3.67. The molecular formula is C19H20BrN3O3S. The van der Waals surface area contributed by atoms with Crippen LogP contribution in [0.25, 0.3) is 10.2 Å². The van der Waals surface area contributed by atoms with E-state index in [2.05, 4.69) is 21.2 Å². The number of amides is 1. The zero-order valence-electron chi connectivity index (χ0n) is 15.1. The fourth-order valence-electron chi connectivity index (χ4n) is 2.75. The van der Waals surface area contributed by atoms with Crippen molar-refractivity contribution < 1.29 is 4.79 Å². The summed E-state index contributed by atoms with van der Waals surface area (Å²) in [6.07, 6.45) is 0.719. The van der Waals surface area contributed by atoms with E-state index in [4.69, 9.17) is 0 Å². The molecule has 2 heterocycles. The molecule has 3 rings (SSSR count). The summed E-state index contributed by atoms with van der Waals surface area (Å²) >= 11 is 4.64. The number of anilines is 1. The molecule has 0 spiro atoms. The van der Waals surface area contributed by atoms with Crippen LogP contribution in [0, 0.1) is 5.92 Å². The predicted molar refractivity (Wildman–Crippen MR) is 113 cm³/mol. The monoisotopic (exact) mass is 449 g/mol. The SMILES string of the molecule is CC(C)CCn1c(=O)c2sccc2n(CC(=O)Nc2ccc(Br)cc2)c1=O. The Morgan fingerprint density at radius 3 is 2.52 bits per heavy atom. The molecule has 0 fully saturated rings. The topological polar surface area (TPSA) is 73.1 Å². The molecular weight excluding hydrogens is 430 g/mol. The number of carbonyl (C=O) groups is 1. The number of rotatable bonds is 6. The Morgan fingerprint density at radius 1 is 1.15 bits per heavy atom. The average Bonchev–Trinajstić information content (AvgIpc) is 3.10. The van der Waals surface area contributed by atoms with Crippen LogP contribution in [0.5, 0.6) is 0 Å². The van der Waals surface area contributed by atoms with E-state index in [0.29, 0.717) is 28.4 Å². The van der Waals surface area contributed by atoms with E-state index in [9.17, 15) is 14.4 Å². The number of halogens is 1. The lowest BCUT2D eigenvalue weighted by Crippen LogP contribution is -2.41. The highest BCUT2D eigenvalue weighted by atomic mass is 79.9. The van der Waals surface area contributed by atoms with Gasteiger partial charge in [0.2, 0.25) is 5.91 Å². The number of nitrogens with zero attached hydrogens (tertiary/aromatic N) is 2.